The molecule has 5 atom stereocenters. The number of hydrogen-bond donors (Lipinski definition) is 3. The van der Waals surface area contributed by atoms with Crippen molar-refractivity contribution >= 4 is 22.8 Å². The Kier molecular flexibility index (Phi) is 5.43. The fourth-order valence-electron chi connectivity index (χ4n) is 4.93. The van der Waals surface area contributed by atoms with Crippen LogP contribution in [0.3, 0.4) is 0 Å². The van der Waals surface area contributed by atoms with Crippen LogP contribution in [0.2, 0.25) is 0 Å². The molecule has 3 heterocycles. The summed E-state index contributed by atoms with van der Waals surface area (Å²) in [4.78, 5) is 23.0. The average molecular weight is 460 g/mol. The number of halogens is 3. The first-order valence-corrected chi connectivity index (χ1v) is 10.9. The highest BCUT2D eigenvalue weighted by Gasteiger charge is 2.40. The zero-order valence-electron chi connectivity index (χ0n) is 17.8. The van der Waals surface area contributed by atoms with Crippen molar-refractivity contribution in [2.75, 3.05) is 11.9 Å². The summed E-state index contributed by atoms with van der Waals surface area (Å²) in [6.45, 7) is 1.77. The van der Waals surface area contributed by atoms with E-state index in [1.54, 1.807) is 0 Å². The molecule has 1 aliphatic carbocycles. The van der Waals surface area contributed by atoms with E-state index in [9.17, 15) is 23.1 Å². The van der Waals surface area contributed by atoms with Crippen molar-refractivity contribution < 1.29 is 23.1 Å². The molecule has 0 spiro atoms. The van der Waals surface area contributed by atoms with Gasteiger partial charge in [0.2, 0.25) is 0 Å². The molecule has 1 aromatic carbocycles. The Morgan fingerprint density at radius 2 is 2.06 bits per heavy atom. The predicted molar refractivity (Wildman–Crippen MR) is 113 cm³/mol. The van der Waals surface area contributed by atoms with Gasteiger partial charge in [-0.1, -0.05) is 6.92 Å². The molecule has 3 aromatic rings. The molecule has 174 valence electrons. The summed E-state index contributed by atoms with van der Waals surface area (Å²) in [6.07, 6.45) is 0.570. The zero-order valence-corrected chi connectivity index (χ0v) is 17.8. The summed E-state index contributed by atoms with van der Waals surface area (Å²) in [5.41, 5.74) is 0.159. The van der Waals surface area contributed by atoms with Gasteiger partial charge in [0.05, 0.1) is 30.1 Å². The normalized spacial score (nSPS) is 27.4. The summed E-state index contributed by atoms with van der Waals surface area (Å²) in [5.74, 6) is -1.38. The first-order valence-electron chi connectivity index (χ1n) is 10.9. The van der Waals surface area contributed by atoms with Crippen molar-refractivity contribution in [1.82, 2.24) is 25.1 Å². The maximum absolute atomic E-state index is 14.4. The molecule has 1 saturated heterocycles. The number of fused-ring (bicyclic) bond motifs is 1. The van der Waals surface area contributed by atoms with Gasteiger partial charge in [0.1, 0.15) is 30.0 Å². The molecule has 1 aliphatic heterocycles. The van der Waals surface area contributed by atoms with Crippen LogP contribution in [0.25, 0.3) is 11.0 Å². The van der Waals surface area contributed by atoms with Gasteiger partial charge in [-0.05, 0) is 37.0 Å². The van der Waals surface area contributed by atoms with E-state index in [1.165, 1.54) is 11.2 Å². The van der Waals surface area contributed by atoms with Crippen molar-refractivity contribution in [2.24, 2.45) is 5.92 Å². The second-order valence-electron chi connectivity index (χ2n) is 8.88. The molecule has 0 bridgehead atoms. The molecule has 33 heavy (non-hydrogen) atoms. The summed E-state index contributed by atoms with van der Waals surface area (Å²) >= 11 is 0. The average Bonchev–Trinajstić information content (AvgIpc) is 3.46. The molecule has 5 rings (SSSR count). The van der Waals surface area contributed by atoms with E-state index >= 15 is 0 Å². The van der Waals surface area contributed by atoms with Crippen LogP contribution in [0.1, 0.15) is 48.3 Å². The van der Waals surface area contributed by atoms with Gasteiger partial charge in [-0.2, -0.15) is 5.10 Å². The number of anilines is 1. The third-order valence-electron chi connectivity index (χ3n) is 6.47. The Hall–Kier alpha value is -3.21. The molecule has 2 aliphatic rings. The largest absolute Gasteiger partial charge is 0.391 e. The second-order valence-corrected chi connectivity index (χ2v) is 8.88. The lowest BCUT2D eigenvalue weighted by atomic mass is 10.0. The summed E-state index contributed by atoms with van der Waals surface area (Å²) in [5, 5.41) is 20.6. The van der Waals surface area contributed by atoms with Crippen molar-refractivity contribution in [2.45, 2.75) is 50.5 Å². The maximum atomic E-state index is 14.4. The Morgan fingerprint density at radius 1 is 1.24 bits per heavy atom. The first kappa shape index (κ1) is 21.6. The Bertz CT molecular complexity index is 1200. The van der Waals surface area contributed by atoms with E-state index in [-0.39, 0.29) is 30.3 Å². The first-order chi connectivity index (χ1) is 15.8. The number of aromatic nitrogens is 4. The number of aliphatic hydroxyl groups excluding tert-OH is 1. The number of H-pyrrole nitrogens is 1. The maximum Gasteiger partial charge on any atom is 0.275 e. The Labute approximate surface area is 187 Å². The van der Waals surface area contributed by atoms with Crippen molar-refractivity contribution in [3.05, 3.63) is 47.4 Å². The van der Waals surface area contributed by atoms with Gasteiger partial charge in [0.25, 0.3) is 5.91 Å². The lowest BCUT2D eigenvalue weighted by Crippen LogP contribution is -2.32. The molecule has 2 fully saturated rings. The van der Waals surface area contributed by atoms with Gasteiger partial charge in [0.15, 0.2) is 11.3 Å². The zero-order chi connectivity index (χ0) is 23.3. The van der Waals surface area contributed by atoms with Gasteiger partial charge in [0, 0.05) is 12.0 Å². The van der Waals surface area contributed by atoms with Crippen LogP contribution in [-0.2, 0) is 0 Å². The number of rotatable bonds is 4. The summed E-state index contributed by atoms with van der Waals surface area (Å²) in [6, 6.07) is 1.69. The molecule has 11 heteroatoms. The number of likely N-dealkylation sites (tertiary alicyclic amines) is 1. The number of carbonyl (C=O) groups excluding carboxylic acids is 1. The molecule has 0 unspecified atom stereocenters. The smallest absolute Gasteiger partial charge is 0.275 e. The van der Waals surface area contributed by atoms with Crippen LogP contribution < -0.4 is 5.32 Å². The van der Waals surface area contributed by atoms with Crippen LogP contribution in [0.5, 0.6) is 0 Å². The number of benzene rings is 1. The molecule has 3 N–H and O–H groups in total. The van der Waals surface area contributed by atoms with E-state index in [0.717, 1.165) is 24.6 Å². The van der Waals surface area contributed by atoms with E-state index < -0.39 is 35.9 Å². The van der Waals surface area contributed by atoms with E-state index in [1.807, 2.05) is 6.92 Å². The number of amides is 1. The third-order valence-corrected chi connectivity index (χ3v) is 6.47. The number of aliphatic hydroxyl groups is 1. The van der Waals surface area contributed by atoms with Gasteiger partial charge in [-0.15, -0.1) is 0 Å². The highest BCUT2D eigenvalue weighted by Crippen LogP contribution is 2.37. The van der Waals surface area contributed by atoms with Gasteiger partial charge >= 0.3 is 0 Å². The standard InChI is InChI=1S/C22H23F3N6O2/c1-10-4-15(17(32)5-10)28-20-18-19(29-30-21(18)27-9-26-20)22(33)31-8-12(24)7-16(31)13-6-11(23)2-3-14(13)25/h2-3,6,9-10,12,15-17,32H,4-5,7-8H2,1H3,(H2,26,27,28,29,30)/t10-,12+,15-,16-,17-/m1/s1. The molecular formula is C22H23F3N6O2. The van der Waals surface area contributed by atoms with Crippen LogP contribution in [0, 0.1) is 17.6 Å². The topological polar surface area (TPSA) is 107 Å². The fourth-order valence-corrected chi connectivity index (χ4v) is 4.93. The van der Waals surface area contributed by atoms with Crippen LogP contribution in [-0.4, -0.2) is 60.9 Å². The molecule has 2 aromatic heterocycles. The molecule has 1 saturated carbocycles. The van der Waals surface area contributed by atoms with Crippen molar-refractivity contribution in [1.29, 1.82) is 0 Å². The van der Waals surface area contributed by atoms with E-state index in [4.69, 9.17) is 0 Å². The Morgan fingerprint density at radius 3 is 2.82 bits per heavy atom. The molecule has 1 amide bonds. The number of hydrogen-bond acceptors (Lipinski definition) is 6. The van der Waals surface area contributed by atoms with E-state index in [0.29, 0.717) is 29.2 Å². The lowest BCUT2D eigenvalue weighted by Gasteiger charge is -2.24. The van der Waals surface area contributed by atoms with Gasteiger partial charge in [-0.3, -0.25) is 9.89 Å². The monoisotopic (exact) mass is 460 g/mol. The molecule has 0 radical (unpaired) electrons. The fraction of sp³-hybridized carbons (Fsp3) is 0.455. The quantitative estimate of drug-likeness (QED) is 0.552. The number of aromatic amines is 1. The summed E-state index contributed by atoms with van der Waals surface area (Å²) < 4.78 is 42.6. The highest BCUT2D eigenvalue weighted by atomic mass is 19.1. The predicted octanol–water partition coefficient (Wildman–Crippen LogP) is 3.13. The summed E-state index contributed by atoms with van der Waals surface area (Å²) in [7, 11) is 0. The van der Waals surface area contributed by atoms with Crippen molar-refractivity contribution in [3.8, 4) is 0 Å². The SMILES string of the molecule is C[C@H]1C[C@@H](O)[C@H](Nc2ncnc3[nH]nc(C(=O)N4C[C@@H](F)C[C@@H]4c4cc(F)ccc4F)c23)C1. The van der Waals surface area contributed by atoms with Gasteiger partial charge in [-0.25, -0.2) is 23.1 Å². The second kappa shape index (κ2) is 8.29. The molecular weight excluding hydrogens is 437 g/mol. The van der Waals surface area contributed by atoms with Gasteiger partial charge < -0.3 is 15.3 Å². The minimum Gasteiger partial charge on any atom is -0.391 e. The van der Waals surface area contributed by atoms with Crippen LogP contribution in [0.4, 0.5) is 19.0 Å². The number of nitrogens with zero attached hydrogens (tertiary/aromatic N) is 4. The number of carbonyl (C=O) groups is 1. The lowest BCUT2D eigenvalue weighted by molar-refractivity contribution is 0.0722. The number of nitrogens with one attached hydrogen (secondary N) is 2. The molecule has 8 nitrogen and oxygen atoms in total. The minimum absolute atomic E-state index is 0.0513. The Balaban J connectivity index is 1.51. The van der Waals surface area contributed by atoms with Crippen LogP contribution in [0.15, 0.2) is 24.5 Å². The highest BCUT2D eigenvalue weighted by molar-refractivity contribution is 6.07. The van der Waals surface area contributed by atoms with Crippen molar-refractivity contribution in [3.63, 3.8) is 0 Å². The third kappa shape index (κ3) is 3.90. The number of alkyl halides is 1. The van der Waals surface area contributed by atoms with Crippen LogP contribution >= 0.6 is 0 Å². The van der Waals surface area contributed by atoms with E-state index in [2.05, 4.69) is 25.5 Å². The minimum atomic E-state index is -1.39.